The third-order valence-electron chi connectivity index (χ3n) is 5.22. The number of halogens is 1. The predicted octanol–water partition coefficient (Wildman–Crippen LogP) is 3.54. The van der Waals surface area contributed by atoms with Gasteiger partial charge in [-0.05, 0) is 42.0 Å². The number of carbonyl (C=O) groups excluding carboxylic acids is 1. The van der Waals surface area contributed by atoms with Crippen molar-refractivity contribution in [1.29, 1.82) is 0 Å². The maximum atomic E-state index is 12.8. The number of ether oxygens (including phenoxy) is 2. The highest BCUT2D eigenvalue weighted by Gasteiger charge is 2.23. The fourth-order valence-electron chi connectivity index (χ4n) is 3.55. The van der Waals surface area contributed by atoms with E-state index in [2.05, 4.69) is 22.1 Å². The Morgan fingerprint density at radius 1 is 1.03 bits per heavy atom. The molecule has 0 radical (unpaired) electrons. The van der Waals surface area contributed by atoms with Crippen LogP contribution >= 0.6 is 11.6 Å². The van der Waals surface area contributed by atoms with Gasteiger partial charge in [0.25, 0.3) is 5.91 Å². The van der Waals surface area contributed by atoms with Crippen LogP contribution in [0.15, 0.2) is 60.8 Å². The van der Waals surface area contributed by atoms with Crippen LogP contribution in [0.25, 0.3) is 0 Å². The zero-order valence-corrected chi connectivity index (χ0v) is 18.2. The van der Waals surface area contributed by atoms with Gasteiger partial charge in [0, 0.05) is 43.9 Å². The molecule has 1 aromatic heterocycles. The topological polar surface area (TPSA) is 59.8 Å². The van der Waals surface area contributed by atoms with Crippen molar-refractivity contribution in [2.75, 3.05) is 33.3 Å². The molecular weight excluding hydrogens is 416 g/mol. The Hall–Kier alpha value is -3.03. The highest BCUT2D eigenvalue weighted by Crippen LogP contribution is 2.18. The lowest BCUT2D eigenvalue weighted by Gasteiger charge is -2.34. The Morgan fingerprint density at radius 3 is 2.58 bits per heavy atom. The molecule has 1 aliphatic heterocycles. The van der Waals surface area contributed by atoms with E-state index in [4.69, 9.17) is 21.1 Å². The third-order valence-corrected chi connectivity index (χ3v) is 5.45. The van der Waals surface area contributed by atoms with Crippen LogP contribution < -0.4 is 9.47 Å². The van der Waals surface area contributed by atoms with E-state index < -0.39 is 0 Å². The van der Waals surface area contributed by atoms with Gasteiger partial charge < -0.3 is 14.4 Å². The van der Waals surface area contributed by atoms with Gasteiger partial charge in [0.05, 0.1) is 7.11 Å². The minimum Gasteiger partial charge on any atom is -0.497 e. The summed E-state index contributed by atoms with van der Waals surface area (Å²) in [5, 5.41) is 4.98. The summed E-state index contributed by atoms with van der Waals surface area (Å²) >= 11 is 5.97. The maximum absolute atomic E-state index is 12.8. The second-order valence-corrected chi connectivity index (χ2v) is 7.83. The zero-order valence-electron chi connectivity index (χ0n) is 17.4. The Balaban J connectivity index is 1.27. The number of carbonyl (C=O) groups is 1. The van der Waals surface area contributed by atoms with Gasteiger partial charge in [-0.1, -0.05) is 29.8 Å². The SMILES string of the molecule is COc1cccc(CN2CCN(C(=O)c3ccn(COc4cccc(Cl)c4)n3)CC2)c1. The minimum atomic E-state index is -0.0532. The van der Waals surface area contributed by atoms with Crippen LogP contribution in [0.4, 0.5) is 0 Å². The molecule has 1 saturated heterocycles. The molecule has 2 aromatic carbocycles. The number of nitrogens with zero attached hydrogens (tertiary/aromatic N) is 4. The monoisotopic (exact) mass is 440 g/mol. The number of hydrogen-bond donors (Lipinski definition) is 0. The van der Waals surface area contributed by atoms with Gasteiger partial charge in [0.15, 0.2) is 12.4 Å². The molecule has 0 N–H and O–H groups in total. The molecule has 1 amide bonds. The van der Waals surface area contributed by atoms with Crippen molar-refractivity contribution < 1.29 is 14.3 Å². The van der Waals surface area contributed by atoms with Crippen LogP contribution in [0.1, 0.15) is 16.1 Å². The van der Waals surface area contributed by atoms with Crippen LogP contribution in [0.2, 0.25) is 5.02 Å². The number of piperazine rings is 1. The van der Waals surface area contributed by atoms with Gasteiger partial charge in [-0.3, -0.25) is 9.69 Å². The molecular formula is C23H25ClN4O3. The first-order valence-corrected chi connectivity index (χ1v) is 10.5. The van der Waals surface area contributed by atoms with E-state index in [0.29, 0.717) is 29.6 Å². The molecule has 1 aliphatic rings. The first kappa shape index (κ1) is 21.2. The lowest BCUT2D eigenvalue weighted by atomic mass is 10.2. The summed E-state index contributed by atoms with van der Waals surface area (Å²) in [7, 11) is 1.67. The van der Waals surface area contributed by atoms with Crippen LogP contribution in [-0.4, -0.2) is 58.8 Å². The Morgan fingerprint density at radius 2 is 1.81 bits per heavy atom. The molecule has 0 saturated carbocycles. The van der Waals surface area contributed by atoms with E-state index in [9.17, 15) is 4.79 Å². The highest BCUT2D eigenvalue weighted by molar-refractivity contribution is 6.30. The van der Waals surface area contributed by atoms with E-state index in [1.165, 1.54) is 5.56 Å². The zero-order chi connectivity index (χ0) is 21.6. The molecule has 8 heteroatoms. The fourth-order valence-corrected chi connectivity index (χ4v) is 3.73. The highest BCUT2D eigenvalue weighted by atomic mass is 35.5. The van der Waals surface area contributed by atoms with Gasteiger partial charge >= 0.3 is 0 Å². The fraction of sp³-hybridized carbons (Fsp3) is 0.304. The number of aromatic nitrogens is 2. The molecule has 4 rings (SSSR count). The molecule has 7 nitrogen and oxygen atoms in total. The number of rotatable bonds is 7. The standard InChI is InChI=1S/C23H25ClN4O3/c1-30-20-6-2-4-18(14-20)16-26-10-12-27(13-11-26)23(29)22-8-9-28(25-22)17-31-21-7-3-5-19(24)15-21/h2-9,14-15H,10-13,16-17H2,1H3. The van der Waals surface area contributed by atoms with Gasteiger partial charge in [-0.25, -0.2) is 4.68 Å². The summed E-state index contributed by atoms with van der Waals surface area (Å²) in [5.41, 5.74) is 1.63. The summed E-state index contributed by atoms with van der Waals surface area (Å²) in [6.45, 7) is 4.04. The van der Waals surface area contributed by atoms with Crippen molar-refractivity contribution in [1.82, 2.24) is 19.6 Å². The van der Waals surface area contributed by atoms with Crippen LogP contribution in [0.5, 0.6) is 11.5 Å². The molecule has 3 aromatic rings. The molecule has 0 bridgehead atoms. The Bertz CT molecular complexity index is 1030. The summed E-state index contributed by atoms with van der Waals surface area (Å²) in [6, 6.07) is 17.0. The summed E-state index contributed by atoms with van der Waals surface area (Å²) < 4.78 is 12.6. The van der Waals surface area contributed by atoms with E-state index >= 15 is 0 Å². The van der Waals surface area contributed by atoms with E-state index in [1.54, 1.807) is 36.2 Å². The second-order valence-electron chi connectivity index (χ2n) is 7.39. The maximum Gasteiger partial charge on any atom is 0.274 e. The number of amides is 1. The van der Waals surface area contributed by atoms with Gasteiger partial charge in [-0.15, -0.1) is 0 Å². The normalized spacial score (nSPS) is 14.5. The average molecular weight is 441 g/mol. The van der Waals surface area contributed by atoms with Crippen molar-refractivity contribution in [2.45, 2.75) is 13.3 Å². The van der Waals surface area contributed by atoms with Gasteiger partial charge in [0.1, 0.15) is 11.5 Å². The van der Waals surface area contributed by atoms with Gasteiger partial charge in [-0.2, -0.15) is 5.10 Å². The predicted molar refractivity (Wildman–Crippen MR) is 118 cm³/mol. The summed E-state index contributed by atoms with van der Waals surface area (Å²) in [5.74, 6) is 1.46. The first-order chi connectivity index (χ1) is 15.1. The number of benzene rings is 2. The lowest BCUT2D eigenvalue weighted by molar-refractivity contribution is 0.0621. The average Bonchev–Trinajstić information content (AvgIpc) is 3.27. The summed E-state index contributed by atoms with van der Waals surface area (Å²) in [6.07, 6.45) is 1.75. The van der Waals surface area contributed by atoms with E-state index in [-0.39, 0.29) is 12.6 Å². The van der Waals surface area contributed by atoms with Crippen molar-refractivity contribution in [3.05, 3.63) is 77.1 Å². The summed E-state index contributed by atoms with van der Waals surface area (Å²) in [4.78, 5) is 17.0. The van der Waals surface area contributed by atoms with E-state index in [0.717, 1.165) is 25.4 Å². The Kier molecular flexibility index (Phi) is 6.74. The smallest absolute Gasteiger partial charge is 0.274 e. The number of hydrogen-bond acceptors (Lipinski definition) is 5. The molecule has 1 fully saturated rings. The van der Waals surface area contributed by atoms with Crippen LogP contribution in [-0.2, 0) is 13.3 Å². The van der Waals surface area contributed by atoms with Crippen LogP contribution in [0.3, 0.4) is 0 Å². The van der Waals surface area contributed by atoms with Crippen molar-refractivity contribution in [3.63, 3.8) is 0 Å². The van der Waals surface area contributed by atoms with Crippen molar-refractivity contribution >= 4 is 17.5 Å². The minimum absolute atomic E-state index is 0.0532. The van der Waals surface area contributed by atoms with E-state index in [1.807, 2.05) is 29.2 Å². The largest absolute Gasteiger partial charge is 0.497 e. The molecule has 0 aliphatic carbocycles. The third kappa shape index (κ3) is 5.57. The molecule has 0 atom stereocenters. The number of methoxy groups -OCH3 is 1. The van der Waals surface area contributed by atoms with Crippen molar-refractivity contribution in [3.8, 4) is 11.5 Å². The van der Waals surface area contributed by atoms with Crippen molar-refractivity contribution in [2.24, 2.45) is 0 Å². The van der Waals surface area contributed by atoms with Crippen LogP contribution in [0, 0.1) is 0 Å². The van der Waals surface area contributed by atoms with Gasteiger partial charge in [0.2, 0.25) is 0 Å². The second kappa shape index (κ2) is 9.85. The Labute approximate surface area is 186 Å². The quantitative estimate of drug-likeness (QED) is 0.562. The first-order valence-electron chi connectivity index (χ1n) is 10.2. The molecule has 162 valence electrons. The molecule has 2 heterocycles. The molecule has 31 heavy (non-hydrogen) atoms. The lowest BCUT2D eigenvalue weighted by Crippen LogP contribution is -2.48. The molecule has 0 spiro atoms. The molecule has 0 unspecified atom stereocenters.